The molecule has 2 rings (SSSR count). The Labute approximate surface area is 112 Å². The molecule has 2 heteroatoms. The number of hydrogen-bond acceptors (Lipinski definition) is 2. The summed E-state index contributed by atoms with van der Waals surface area (Å²) in [5.74, 6) is 0. The molecule has 92 valence electrons. The van der Waals surface area contributed by atoms with Crippen molar-refractivity contribution in [1.29, 1.82) is 0 Å². The topological polar surface area (TPSA) is 9.23 Å². The minimum Gasteiger partial charge on any atom is -0.366 e. The standard InChI is InChI=1S/C16H16OS/c1-17-16(18-15-10-6-3-7-11-15)13-12-14-8-4-2-5-9-14/h2-13,16H,1H3/b13-12+. The van der Waals surface area contributed by atoms with Crippen LogP contribution in [0.3, 0.4) is 0 Å². The van der Waals surface area contributed by atoms with Crippen LogP contribution in [0.1, 0.15) is 5.56 Å². The van der Waals surface area contributed by atoms with Crippen LogP contribution in [0.5, 0.6) is 0 Å². The molecule has 0 heterocycles. The van der Waals surface area contributed by atoms with Gasteiger partial charge in [-0.05, 0) is 23.8 Å². The fourth-order valence-corrected chi connectivity index (χ4v) is 2.39. The monoisotopic (exact) mass is 256 g/mol. The molecule has 0 aromatic heterocycles. The summed E-state index contributed by atoms with van der Waals surface area (Å²) < 4.78 is 5.45. The third kappa shape index (κ3) is 4.06. The Kier molecular flexibility index (Phi) is 5.06. The van der Waals surface area contributed by atoms with Gasteiger partial charge < -0.3 is 4.74 Å². The Morgan fingerprint density at radius 3 is 2.17 bits per heavy atom. The number of thioether (sulfide) groups is 1. The fourth-order valence-electron chi connectivity index (χ4n) is 1.55. The van der Waals surface area contributed by atoms with Gasteiger partial charge in [0, 0.05) is 12.0 Å². The first-order chi connectivity index (χ1) is 8.88. The van der Waals surface area contributed by atoms with E-state index in [4.69, 9.17) is 4.74 Å². The van der Waals surface area contributed by atoms with E-state index in [1.807, 2.05) is 36.4 Å². The minimum atomic E-state index is 0.0348. The van der Waals surface area contributed by atoms with Crippen LogP contribution < -0.4 is 0 Å². The highest BCUT2D eigenvalue weighted by Gasteiger charge is 2.04. The van der Waals surface area contributed by atoms with Crippen LogP contribution in [0.2, 0.25) is 0 Å². The van der Waals surface area contributed by atoms with E-state index in [1.165, 1.54) is 10.5 Å². The van der Waals surface area contributed by atoms with E-state index in [1.54, 1.807) is 18.9 Å². The minimum absolute atomic E-state index is 0.0348. The lowest BCUT2D eigenvalue weighted by Gasteiger charge is -2.10. The van der Waals surface area contributed by atoms with Crippen LogP contribution in [-0.2, 0) is 4.74 Å². The van der Waals surface area contributed by atoms with Gasteiger partial charge in [0.05, 0.1) is 0 Å². The number of rotatable bonds is 5. The average Bonchev–Trinajstić information content (AvgIpc) is 2.45. The second-order valence-corrected chi connectivity index (χ2v) is 4.98. The predicted molar refractivity (Wildman–Crippen MR) is 78.6 cm³/mol. The average molecular weight is 256 g/mol. The molecule has 0 saturated heterocycles. The molecule has 0 aliphatic heterocycles. The summed E-state index contributed by atoms with van der Waals surface area (Å²) in [5.41, 5.74) is 1.22. The summed E-state index contributed by atoms with van der Waals surface area (Å²) in [4.78, 5) is 1.21. The third-order valence-electron chi connectivity index (χ3n) is 2.47. The summed E-state index contributed by atoms with van der Waals surface area (Å²) in [7, 11) is 1.73. The first-order valence-corrected chi connectivity index (χ1v) is 6.74. The van der Waals surface area contributed by atoms with Gasteiger partial charge in [0.2, 0.25) is 0 Å². The fraction of sp³-hybridized carbons (Fsp3) is 0.125. The van der Waals surface area contributed by atoms with E-state index in [9.17, 15) is 0 Å². The number of ether oxygens (including phenoxy) is 1. The molecule has 0 bridgehead atoms. The third-order valence-corrected chi connectivity index (χ3v) is 3.60. The van der Waals surface area contributed by atoms with Crippen molar-refractivity contribution in [2.24, 2.45) is 0 Å². The van der Waals surface area contributed by atoms with E-state index in [2.05, 4.69) is 36.4 Å². The molecule has 0 radical (unpaired) electrons. The van der Waals surface area contributed by atoms with E-state index in [0.717, 1.165) is 0 Å². The van der Waals surface area contributed by atoms with Gasteiger partial charge in [0.1, 0.15) is 5.44 Å². The van der Waals surface area contributed by atoms with Crippen molar-refractivity contribution >= 4 is 17.8 Å². The first-order valence-electron chi connectivity index (χ1n) is 5.86. The Morgan fingerprint density at radius 2 is 1.56 bits per heavy atom. The summed E-state index contributed by atoms with van der Waals surface area (Å²) in [6, 6.07) is 20.5. The van der Waals surface area contributed by atoms with Crippen LogP contribution in [0, 0.1) is 0 Å². The summed E-state index contributed by atoms with van der Waals surface area (Å²) >= 11 is 1.70. The van der Waals surface area contributed by atoms with Crippen molar-refractivity contribution in [2.45, 2.75) is 10.3 Å². The van der Waals surface area contributed by atoms with Crippen molar-refractivity contribution in [1.82, 2.24) is 0 Å². The Balaban J connectivity index is 2.00. The summed E-state index contributed by atoms with van der Waals surface area (Å²) in [6.07, 6.45) is 4.16. The van der Waals surface area contributed by atoms with E-state index >= 15 is 0 Å². The molecule has 0 spiro atoms. The van der Waals surface area contributed by atoms with Crippen LogP contribution in [-0.4, -0.2) is 12.5 Å². The van der Waals surface area contributed by atoms with Crippen molar-refractivity contribution in [2.75, 3.05) is 7.11 Å². The first kappa shape index (κ1) is 12.9. The molecule has 0 aliphatic rings. The molecule has 0 amide bonds. The molecule has 1 atom stereocenters. The molecule has 2 aromatic carbocycles. The van der Waals surface area contributed by atoms with Gasteiger partial charge in [0.15, 0.2) is 0 Å². The maximum Gasteiger partial charge on any atom is 0.125 e. The van der Waals surface area contributed by atoms with Gasteiger partial charge in [-0.3, -0.25) is 0 Å². The summed E-state index contributed by atoms with van der Waals surface area (Å²) in [6.45, 7) is 0. The smallest absolute Gasteiger partial charge is 0.125 e. The van der Waals surface area contributed by atoms with Crippen molar-refractivity contribution in [3.05, 3.63) is 72.3 Å². The number of methoxy groups -OCH3 is 1. The largest absolute Gasteiger partial charge is 0.366 e. The highest BCUT2D eigenvalue weighted by Crippen LogP contribution is 2.24. The van der Waals surface area contributed by atoms with Gasteiger partial charge in [-0.25, -0.2) is 0 Å². The summed E-state index contributed by atoms with van der Waals surface area (Å²) in [5, 5.41) is 0. The molecule has 2 aromatic rings. The number of hydrogen-bond donors (Lipinski definition) is 0. The zero-order valence-electron chi connectivity index (χ0n) is 10.3. The highest BCUT2D eigenvalue weighted by atomic mass is 32.2. The predicted octanol–water partition coefficient (Wildman–Crippen LogP) is 4.46. The van der Waals surface area contributed by atoms with Gasteiger partial charge in [-0.15, -0.1) is 0 Å². The quantitative estimate of drug-likeness (QED) is 0.577. The molecular weight excluding hydrogens is 240 g/mol. The van der Waals surface area contributed by atoms with Gasteiger partial charge in [0.25, 0.3) is 0 Å². The van der Waals surface area contributed by atoms with Crippen LogP contribution in [0.15, 0.2) is 71.6 Å². The Bertz CT molecular complexity index is 479. The molecule has 0 fully saturated rings. The van der Waals surface area contributed by atoms with E-state index < -0.39 is 0 Å². The van der Waals surface area contributed by atoms with Crippen molar-refractivity contribution < 1.29 is 4.74 Å². The maximum atomic E-state index is 5.45. The lowest BCUT2D eigenvalue weighted by Crippen LogP contribution is -2.00. The molecule has 1 nitrogen and oxygen atoms in total. The lowest BCUT2D eigenvalue weighted by atomic mass is 10.2. The highest BCUT2D eigenvalue weighted by molar-refractivity contribution is 8.00. The molecular formula is C16H16OS. The van der Waals surface area contributed by atoms with Crippen molar-refractivity contribution in [3.8, 4) is 0 Å². The van der Waals surface area contributed by atoms with Gasteiger partial charge in [-0.1, -0.05) is 66.4 Å². The molecule has 0 N–H and O–H groups in total. The zero-order valence-corrected chi connectivity index (χ0v) is 11.1. The SMILES string of the molecule is COC(/C=C/c1ccccc1)Sc1ccccc1. The van der Waals surface area contributed by atoms with Crippen LogP contribution in [0.4, 0.5) is 0 Å². The van der Waals surface area contributed by atoms with Gasteiger partial charge in [-0.2, -0.15) is 0 Å². The molecule has 1 unspecified atom stereocenters. The van der Waals surface area contributed by atoms with E-state index in [-0.39, 0.29) is 5.44 Å². The zero-order chi connectivity index (χ0) is 12.6. The maximum absolute atomic E-state index is 5.45. The van der Waals surface area contributed by atoms with Crippen molar-refractivity contribution in [3.63, 3.8) is 0 Å². The van der Waals surface area contributed by atoms with Crippen LogP contribution in [0.25, 0.3) is 6.08 Å². The molecule has 18 heavy (non-hydrogen) atoms. The van der Waals surface area contributed by atoms with Crippen LogP contribution >= 0.6 is 11.8 Å². The lowest BCUT2D eigenvalue weighted by molar-refractivity contribution is 0.208. The normalized spacial score (nSPS) is 12.7. The molecule has 0 saturated carbocycles. The molecule has 0 aliphatic carbocycles. The Morgan fingerprint density at radius 1 is 0.944 bits per heavy atom. The van der Waals surface area contributed by atoms with E-state index in [0.29, 0.717) is 0 Å². The van der Waals surface area contributed by atoms with Gasteiger partial charge >= 0.3 is 0 Å². The second-order valence-electron chi connectivity index (χ2n) is 3.80. The number of benzene rings is 2. The Hall–Kier alpha value is -1.51. The second kappa shape index (κ2) is 7.04.